The molecule has 13 nitrogen and oxygen atoms in total. The molecule has 1 aromatic carbocycles. The zero-order valence-electron chi connectivity index (χ0n) is 25.6. The summed E-state index contributed by atoms with van der Waals surface area (Å²) in [4.78, 5) is 55.0. The van der Waals surface area contributed by atoms with Crippen LogP contribution in [0.25, 0.3) is 0 Å². The molecular formula is C30H47N3O10. The van der Waals surface area contributed by atoms with Crippen LogP contribution in [0.5, 0.6) is 5.75 Å². The summed E-state index contributed by atoms with van der Waals surface area (Å²) in [6, 6.07) is 4.36. The largest absolute Gasteiger partial charge is 0.464 e. The first-order valence-electron chi connectivity index (χ1n) is 14.5. The number of unbranched alkanes of at least 4 members (excludes halogenated alkanes) is 1. The Morgan fingerprint density at radius 2 is 1.67 bits per heavy atom. The van der Waals surface area contributed by atoms with E-state index in [1.54, 1.807) is 38.1 Å². The molecule has 0 bridgehead atoms. The van der Waals surface area contributed by atoms with Crippen molar-refractivity contribution in [1.29, 1.82) is 0 Å². The van der Waals surface area contributed by atoms with Crippen molar-refractivity contribution in [1.82, 2.24) is 16.1 Å². The van der Waals surface area contributed by atoms with Crippen LogP contribution in [-0.2, 0) is 40.1 Å². The Hall–Kier alpha value is -3.52. The van der Waals surface area contributed by atoms with Gasteiger partial charge in [-0.2, -0.15) is 5.48 Å². The number of benzene rings is 1. The Balaban J connectivity index is 3.05. The maximum Gasteiger partial charge on any atom is 0.334 e. The average molecular weight is 610 g/mol. The highest BCUT2D eigenvalue weighted by atomic mass is 16.6. The lowest BCUT2D eigenvalue weighted by Crippen LogP contribution is -2.56. The van der Waals surface area contributed by atoms with Gasteiger partial charge in [0.2, 0.25) is 5.91 Å². The van der Waals surface area contributed by atoms with Crippen LogP contribution in [0.15, 0.2) is 36.6 Å². The predicted molar refractivity (Wildman–Crippen MR) is 157 cm³/mol. The molecule has 0 saturated heterocycles. The SMILES string of the molecule is C=C(ONCCCC)C(CCO)C(NCCOC(=O)CCO)C(=O)NC(C(=O)Oc1ccc(COC(C)=O)cc1)C(C)C. The van der Waals surface area contributed by atoms with Crippen LogP contribution < -0.4 is 20.9 Å². The Labute approximate surface area is 253 Å². The van der Waals surface area contributed by atoms with Gasteiger partial charge in [0.15, 0.2) is 0 Å². The maximum atomic E-state index is 13.7. The van der Waals surface area contributed by atoms with Crippen molar-refractivity contribution in [2.24, 2.45) is 11.8 Å². The number of esters is 3. The Bertz CT molecular complexity index is 1020. The van der Waals surface area contributed by atoms with Gasteiger partial charge in [0.1, 0.15) is 30.8 Å². The number of amides is 1. The molecule has 43 heavy (non-hydrogen) atoms. The van der Waals surface area contributed by atoms with Gasteiger partial charge in [-0.1, -0.05) is 45.9 Å². The van der Waals surface area contributed by atoms with E-state index < -0.39 is 41.8 Å². The molecule has 0 aliphatic heterocycles. The fourth-order valence-electron chi connectivity index (χ4n) is 3.84. The van der Waals surface area contributed by atoms with E-state index in [1.165, 1.54) is 6.92 Å². The molecule has 1 rings (SSSR count). The first-order chi connectivity index (χ1) is 20.5. The number of aliphatic hydroxyl groups excluding tert-OH is 2. The summed E-state index contributed by atoms with van der Waals surface area (Å²) in [5.74, 6) is -2.90. The second kappa shape index (κ2) is 21.2. The van der Waals surface area contributed by atoms with Crippen molar-refractivity contribution in [3.63, 3.8) is 0 Å². The quantitative estimate of drug-likeness (QED) is 0.0421. The summed E-state index contributed by atoms with van der Waals surface area (Å²) in [6.45, 7) is 10.8. The van der Waals surface area contributed by atoms with Gasteiger partial charge in [0.25, 0.3) is 0 Å². The van der Waals surface area contributed by atoms with Crippen molar-refractivity contribution in [3.05, 3.63) is 42.2 Å². The van der Waals surface area contributed by atoms with Crippen LogP contribution >= 0.6 is 0 Å². The van der Waals surface area contributed by atoms with E-state index >= 15 is 0 Å². The minimum absolute atomic E-state index is 0.0597. The molecular weight excluding hydrogens is 562 g/mol. The lowest BCUT2D eigenvalue weighted by Gasteiger charge is -2.30. The molecule has 13 heteroatoms. The fourth-order valence-corrected chi connectivity index (χ4v) is 3.84. The zero-order chi connectivity index (χ0) is 32.2. The van der Waals surface area contributed by atoms with Gasteiger partial charge >= 0.3 is 17.9 Å². The Morgan fingerprint density at radius 1 is 0.977 bits per heavy atom. The van der Waals surface area contributed by atoms with Crippen LogP contribution in [0.1, 0.15) is 58.9 Å². The Morgan fingerprint density at radius 3 is 2.26 bits per heavy atom. The average Bonchev–Trinajstić information content (AvgIpc) is 2.96. The summed E-state index contributed by atoms with van der Waals surface area (Å²) in [5.41, 5.74) is 3.51. The van der Waals surface area contributed by atoms with Crippen molar-refractivity contribution in [2.75, 3.05) is 32.9 Å². The van der Waals surface area contributed by atoms with E-state index in [-0.39, 0.29) is 63.2 Å². The highest BCUT2D eigenvalue weighted by molar-refractivity contribution is 5.89. The molecule has 3 unspecified atom stereocenters. The standard InChI is InChI=1S/C30H47N3O10/c1-6-7-14-32-43-21(4)25(12-16-34)28(31-15-18-40-26(37)13-17-35)29(38)33-27(20(2)3)30(39)42-24-10-8-23(9-11-24)19-41-22(5)36/h8-11,20,25,27-28,31-32,34-35H,4,6-7,12-19H2,1-3,5H3,(H,33,38). The topological polar surface area (TPSA) is 182 Å². The van der Waals surface area contributed by atoms with E-state index in [9.17, 15) is 24.3 Å². The number of aliphatic hydroxyl groups is 2. The van der Waals surface area contributed by atoms with Crippen LogP contribution in [0.4, 0.5) is 0 Å². The van der Waals surface area contributed by atoms with E-state index in [1.807, 2.05) is 6.92 Å². The number of hydrogen-bond acceptors (Lipinski definition) is 12. The van der Waals surface area contributed by atoms with E-state index in [0.717, 1.165) is 12.8 Å². The summed E-state index contributed by atoms with van der Waals surface area (Å²) in [7, 11) is 0. The van der Waals surface area contributed by atoms with Crippen LogP contribution in [-0.4, -0.2) is 79.0 Å². The zero-order valence-corrected chi connectivity index (χ0v) is 25.6. The minimum Gasteiger partial charge on any atom is -0.464 e. The van der Waals surface area contributed by atoms with Crippen LogP contribution in [0.3, 0.4) is 0 Å². The number of ether oxygens (including phenoxy) is 3. The fraction of sp³-hybridized carbons (Fsp3) is 0.600. The van der Waals surface area contributed by atoms with Crippen molar-refractivity contribution < 1.29 is 48.4 Å². The Kier molecular flexibility index (Phi) is 18.5. The summed E-state index contributed by atoms with van der Waals surface area (Å²) < 4.78 is 15.5. The second-order valence-electron chi connectivity index (χ2n) is 10.1. The van der Waals surface area contributed by atoms with Crippen LogP contribution in [0.2, 0.25) is 0 Å². The highest BCUT2D eigenvalue weighted by Crippen LogP contribution is 2.21. The first kappa shape index (κ1) is 37.5. The molecule has 3 atom stereocenters. The summed E-state index contributed by atoms with van der Waals surface area (Å²) in [5, 5.41) is 24.4. The predicted octanol–water partition coefficient (Wildman–Crippen LogP) is 1.51. The first-order valence-corrected chi connectivity index (χ1v) is 14.5. The number of carbonyl (C=O) groups is 4. The van der Waals surface area contributed by atoms with Gasteiger partial charge in [-0.05, 0) is 36.5 Å². The molecule has 0 aliphatic carbocycles. The minimum atomic E-state index is -1.04. The highest BCUT2D eigenvalue weighted by Gasteiger charge is 2.35. The number of rotatable bonds is 22. The van der Waals surface area contributed by atoms with Crippen molar-refractivity contribution in [3.8, 4) is 5.75 Å². The lowest BCUT2D eigenvalue weighted by atomic mass is 9.93. The van der Waals surface area contributed by atoms with Gasteiger partial charge in [-0.3, -0.25) is 14.4 Å². The smallest absolute Gasteiger partial charge is 0.334 e. The number of hydroxylamine groups is 1. The van der Waals surface area contributed by atoms with E-state index in [0.29, 0.717) is 12.1 Å². The molecule has 0 saturated carbocycles. The van der Waals surface area contributed by atoms with Crippen molar-refractivity contribution in [2.45, 2.75) is 72.1 Å². The maximum absolute atomic E-state index is 13.7. The summed E-state index contributed by atoms with van der Waals surface area (Å²) in [6.07, 6.45) is 1.75. The molecule has 242 valence electrons. The molecule has 0 fully saturated rings. The molecule has 0 aliphatic rings. The van der Waals surface area contributed by atoms with Gasteiger partial charge in [-0.25, -0.2) is 4.79 Å². The number of nitrogens with one attached hydrogen (secondary N) is 3. The molecule has 1 aromatic rings. The third-order valence-electron chi connectivity index (χ3n) is 6.22. The van der Waals surface area contributed by atoms with Gasteiger partial charge in [0.05, 0.1) is 19.1 Å². The third-order valence-corrected chi connectivity index (χ3v) is 6.22. The molecule has 0 spiro atoms. The van der Waals surface area contributed by atoms with E-state index in [4.69, 9.17) is 24.2 Å². The molecule has 0 radical (unpaired) electrons. The van der Waals surface area contributed by atoms with Gasteiger partial charge in [-0.15, -0.1) is 0 Å². The number of hydrogen-bond donors (Lipinski definition) is 5. The second-order valence-corrected chi connectivity index (χ2v) is 10.1. The van der Waals surface area contributed by atoms with Crippen molar-refractivity contribution >= 4 is 23.8 Å². The molecule has 1 amide bonds. The number of carbonyl (C=O) groups excluding carboxylic acids is 4. The normalized spacial score (nSPS) is 13.0. The van der Waals surface area contributed by atoms with E-state index in [2.05, 4.69) is 22.7 Å². The van der Waals surface area contributed by atoms with Crippen LogP contribution in [0, 0.1) is 11.8 Å². The third kappa shape index (κ3) is 15.0. The van der Waals surface area contributed by atoms with Gasteiger partial charge < -0.3 is 39.9 Å². The lowest BCUT2D eigenvalue weighted by molar-refractivity contribution is -0.144. The monoisotopic (exact) mass is 609 g/mol. The molecule has 5 N–H and O–H groups in total. The molecule has 0 aromatic heterocycles. The van der Waals surface area contributed by atoms with Gasteiger partial charge in [0, 0.05) is 32.5 Å². The summed E-state index contributed by atoms with van der Waals surface area (Å²) >= 11 is 0. The molecule has 0 heterocycles.